The summed E-state index contributed by atoms with van der Waals surface area (Å²) < 4.78 is 0. The van der Waals surface area contributed by atoms with Crippen LogP contribution in [-0.2, 0) is 6.42 Å². The average Bonchev–Trinajstić information content (AvgIpc) is 2.65. The SMILES string of the molecule is NC(C1CCCCCC1)C1CCc2ccccc21. The second-order valence-electron chi connectivity index (χ2n) is 6.17. The van der Waals surface area contributed by atoms with E-state index in [1.54, 1.807) is 11.1 Å². The van der Waals surface area contributed by atoms with Gasteiger partial charge in [-0.2, -0.15) is 0 Å². The Morgan fingerprint density at radius 1 is 0.944 bits per heavy atom. The molecule has 0 radical (unpaired) electrons. The van der Waals surface area contributed by atoms with Crippen LogP contribution in [0.25, 0.3) is 0 Å². The van der Waals surface area contributed by atoms with Gasteiger partial charge in [0.1, 0.15) is 0 Å². The van der Waals surface area contributed by atoms with E-state index in [0.29, 0.717) is 12.0 Å². The van der Waals surface area contributed by atoms with Crippen molar-refractivity contribution in [2.24, 2.45) is 11.7 Å². The monoisotopic (exact) mass is 243 g/mol. The molecule has 0 saturated heterocycles. The van der Waals surface area contributed by atoms with Gasteiger partial charge in [-0.05, 0) is 48.6 Å². The lowest BCUT2D eigenvalue weighted by atomic mass is 9.81. The van der Waals surface area contributed by atoms with Crippen LogP contribution in [0.15, 0.2) is 24.3 Å². The Morgan fingerprint density at radius 2 is 1.67 bits per heavy atom. The zero-order valence-electron chi connectivity index (χ0n) is 11.3. The largest absolute Gasteiger partial charge is 0.327 e. The normalized spacial score (nSPS) is 26.6. The van der Waals surface area contributed by atoms with Gasteiger partial charge < -0.3 is 5.73 Å². The van der Waals surface area contributed by atoms with Gasteiger partial charge in [0.25, 0.3) is 0 Å². The van der Waals surface area contributed by atoms with Crippen molar-refractivity contribution in [3.05, 3.63) is 35.4 Å². The first-order chi connectivity index (χ1) is 8.86. The highest BCUT2D eigenvalue weighted by Gasteiger charge is 2.32. The minimum atomic E-state index is 0.395. The third-order valence-corrected chi connectivity index (χ3v) is 5.09. The van der Waals surface area contributed by atoms with Crippen LogP contribution in [-0.4, -0.2) is 6.04 Å². The number of hydrogen-bond acceptors (Lipinski definition) is 1. The van der Waals surface area contributed by atoms with Crippen LogP contribution in [0.5, 0.6) is 0 Å². The zero-order valence-corrected chi connectivity index (χ0v) is 11.3. The predicted octanol–water partition coefficient (Wildman–Crippen LogP) is 4.01. The predicted molar refractivity (Wildman–Crippen MR) is 76.7 cm³/mol. The van der Waals surface area contributed by atoms with Crippen molar-refractivity contribution in [1.82, 2.24) is 0 Å². The van der Waals surface area contributed by atoms with Crippen molar-refractivity contribution in [2.45, 2.75) is 63.3 Å². The Bertz CT molecular complexity index is 390. The maximum atomic E-state index is 6.64. The van der Waals surface area contributed by atoms with Gasteiger partial charge in [0.05, 0.1) is 0 Å². The van der Waals surface area contributed by atoms with Crippen LogP contribution in [0.4, 0.5) is 0 Å². The summed E-state index contributed by atoms with van der Waals surface area (Å²) >= 11 is 0. The average molecular weight is 243 g/mol. The summed E-state index contributed by atoms with van der Waals surface area (Å²) in [5, 5.41) is 0. The maximum absolute atomic E-state index is 6.64. The van der Waals surface area contributed by atoms with Crippen LogP contribution >= 0.6 is 0 Å². The summed E-state index contributed by atoms with van der Waals surface area (Å²) in [6.45, 7) is 0. The second-order valence-corrected chi connectivity index (χ2v) is 6.17. The molecule has 98 valence electrons. The number of rotatable bonds is 2. The van der Waals surface area contributed by atoms with Crippen molar-refractivity contribution in [2.75, 3.05) is 0 Å². The molecular formula is C17H25N. The molecule has 0 aliphatic heterocycles. The number of aryl methyl sites for hydroxylation is 1. The minimum absolute atomic E-state index is 0.395. The third kappa shape index (κ3) is 2.33. The van der Waals surface area contributed by atoms with Gasteiger partial charge in [-0.3, -0.25) is 0 Å². The summed E-state index contributed by atoms with van der Waals surface area (Å²) in [5.74, 6) is 1.40. The first-order valence-corrected chi connectivity index (χ1v) is 7.69. The molecule has 2 unspecified atom stereocenters. The van der Waals surface area contributed by atoms with E-state index in [4.69, 9.17) is 5.73 Å². The van der Waals surface area contributed by atoms with Gasteiger partial charge >= 0.3 is 0 Å². The first kappa shape index (κ1) is 12.2. The Morgan fingerprint density at radius 3 is 2.44 bits per heavy atom. The quantitative estimate of drug-likeness (QED) is 0.780. The van der Waals surface area contributed by atoms with E-state index in [-0.39, 0.29) is 0 Å². The van der Waals surface area contributed by atoms with E-state index >= 15 is 0 Å². The molecule has 0 spiro atoms. The minimum Gasteiger partial charge on any atom is -0.327 e. The van der Waals surface area contributed by atoms with Crippen LogP contribution < -0.4 is 5.73 Å². The second kappa shape index (κ2) is 5.44. The number of hydrogen-bond donors (Lipinski definition) is 1. The van der Waals surface area contributed by atoms with Crippen LogP contribution in [0.3, 0.4) is 0 Å². The lowest BCUT2D eigenvalue weighted by Gasteiger charge is -2.28. The molecule has 2 atom stereocenters. The highest BCUT2D eigenvalue weighted by atomic mass is 14.7. The smallest absolute Gasteiger partial charge is 0.0136 e. The van der Waals surface area contributed by atoms with Crippen LogP contribution in [0, 0.1) is 5.92 Å². The van der Waals surface area contributed by atoms with Gasteiger partial charge in [-0.15, -0.1) is 0 Å². The molecule has 1 aromatic rings. The van der Waals surface area contributed by atoms with E-state index in [0.717, 1.165) is 5.92 Å². The van der Waals surface area contributed by atoms with Crippen molar-refractivity contribution < 1.29 is 0 Å². The van der Waals surface area contributed by atoms with E-state index in [1.165, 1.54) is 51.4 Å². The highest BCUT2D eigenvalue weighted by molar-refractivity contribution is 5.36. The van der Waals surface area contributed by atoms with Crippen molar-refractivity contribution in [3.63, 3.8) is 0 Å². The summed E-state index contributed by atoms with van der Waals surface area (Å²) in [4.78, 5) is 0. The lowest BCUT2D eigenvalue weighted by molar-refractivity contribution is 0.330. The molecule has 1 aromatic carbocycles. The number of benzene rings is 1. The molecule has 1 saturated carbocycles. The molecule has 2 aliphatic carbocycles. The van der Waals surface area contributed by atoms with Crippen molar-refractivity contribution in [1.29, 1.82) is 0 Å². The fourth-order valence-corrected chi connectivity index (χ4v) is 4.01. The lowest BCUT2D eigenvalue weighted by Crippen LogP contribution is -2.35. The molecule has 1 nitrogen and oxygen atoms in total. The summed E-state index contributed by atoms with van der Waals surface area (Å²) in [7, 11) is 0. The Balaban J connectivity index is 1.75. The topological polar surface area (TPSA) is 26.0 Å². The molecule has 1 heteroatoms. The third-order valence-electron chi connectivity index (χ3n) is 5.09. The van der Waals surface area contributed by atoms with Crippen molar-refractivity contribution in [3.8, 4) is 0 Å². The molecular weight excluding hydrogens is 218 g/mol. The van der Waals surface area contributed by atoms with E-state index in [2.05, 4.69) is 24.3 Å². The van der Waals surface area contributed by atoms with Crippen LogP contribution in [0.1, 0.15) is 62.0 Å². The molecule has 3 rings (SSSR count). The molecule has 2 N–H and O–H groups in total. The zero-order chi connectivity index (χ0) is 12.4. The van der Waals surface area contributed by atoms with Gasteiger partial charge in [0.15, 0.2) is 0 Å². The van der Waals surface area contributed by atoms with Crippen LogP contribution in [0.2, 0.25) is 0 Å². The van der Waals surface area contributed by atoms with Gasteiger partial charge in [-0.1, -0.05) is 49.9 Å². The summed E-state index contributed by atoms with van der Waals surface area (Å²) in [5.41, 5.74) is 9.74. The molecule has 18 heavy (non-hydrogen) atoms. The van der Waals surface area contributed by atoms with Gasteiger partial charge in [0.2, 0.25) is 0 Å². The fraction of sp³-hybridized carbons (Fsp3) is 0.647. The van der Waals surface area contributed by atoms with Gasteiger partial charge in [-0.25, -0.2) is 0 Å². The summed E-state index contributed by atoms with van der Waals surface area (Å²) in [6, 6.07) is 9.33. The van der Waals surface area contributed by atoms with E-state index < -0.39 is 0 Å². The Hall–Kier alpha value is -0.820. The van der Waals surface area contributed by atoms with E-state index in [9.17, 15) is 0 Å². The number of fused-ring (bicyclic) bond motifs is 1. The van der Waals surface area contributed by atoms with Gasteiger partial charge in [0, 0.05) is 6.04 Å². The fourth-order valence-electron chi connectivity index (χ4n) is 4.01. The standard InChI is InChI=1S/C17H25N/c18-17(14-8-3-1-2-4-9-14)16-12-11-13-7-5-6-10-15(13)16/h5-7,10,14,16-17H,1-4,8-9,11-12,18H2. The number of nitrogens with two attached hydrogens (primary N) is 1. The molecule has 2 aliphatic rings. The Labute approximate surface area is 111 Å². The molecule has 1 fully saturated rings. The first-order valence-electron chi connectivity index (χ1n) is 7.69. The molecule has 0 bridgehead atoms. The Kier molecular flexibility index (Phi) is 3.69. The van der Waals surface area contributed by atoms with E-state index in [1.807, 2.05) is 0 Å². The summed E-state index contributed by atoms with van der Waals surface area (Å²) in [6.07, 6.45) is 10.9. The molecule has 0 aromatic heterocycles. The molecule has 0 heterocycles. The van der Waals surface area contributed by atoms with Crippen molar-refractivity contribution >= 4 is 0 Å². The maximum Gasteiger partial charge on any atom is 0.0136 e. The molecule has 0 amide bonds. The highest BCUT2D eigenvalue weighted by Crippen LogP contribution is 2.39.